The predicted molar refractivity (Wildman–Crippen MR) is 86.5 cm³/mol. The Hall–Kier alpha value is -0.760. The molecule has 1 heterocycles. The molecule has 0 saturated heterocycles. The lowest BCUT2D eigenvalue weighted by Crippen LogP contribution is -2.29. The van der Waals surface area contributed by atoms with Crippen LogP contribution in [0.4, 0.5) is 4.39 Å². The summed E-state index contributed by atoms with van der Waals surface area (Å²) in [4.78, 5) is 2.03. The average Bonchev–Trinajstić information content (AvgIpc) is 2.86. The number of rotatable bonds is 4. The third-order valence-corrected chi connectivity index (χ3v) is 7.02. The van der Waals surface area contributed by atoms with E-state index in [1.807, 2.05) is 26.0 Å². The number of sulfonamides is 1. The van der Waals surface area contributed by atoms with Crippen LogP contribution in [0.2, 0.25) is 0 Å². The molecular weight excluding hydrogens is 377 g/mol. The molecule has 21 heavy (non-hydrogen) atoms. The van der Waals surface area contributed by atoms with Crippen LogP contribution in [0.3, 0.4) is 0 Å². The third kappa shape index (κ3) is 3.36. The number of aryl methyl sites for hydroxylation is 1. The Balaban J connectivity index is 2.36. The van der Waals surface area contributed by atoms with Crippen LogP contribution >= 0.6 is 27.3 Å². The second kappa shape index (κ2) is 6.16. The first kappa shape index (κ1) is 16.6. The largest absolute Gasteiger partial charge is 0.243 e. The van der Waals surface area contributed by atoms with Gasteiger partial charge in [-0.1, -0.05) is 0 Å². The maximum atomic E-state index is 13.6. The van der Waals surface area contributed by atoms with Crippen LogP contribution in [0, 0.1) is 12.7 Å². The molecule has 7 heteroatoms. The van der Waals surface area contributed by atoms with Gasteiger partial charge in [0.15, 0.2) is 0 Å². The Labute approximate surface area is 136 Å². The molecule has 0 spiro atoms. The quantitative estimate of drug-likeness (QED) is 0.776. The lowest BCUT2D eigenvalue weighted by atomic mass is 10.3. The van der Waals surface area contributed by atoms with E-state index in [4.69, 9.17) is 0 Å². The Morgan fingerprint density at radius 2 is 1.95 bits per heavy atom. The average molecular weight is 392 g/mol. The third-order valence-electron chi connectivity index (χ3n) is 3.29. The topological polar surface area (TPSA) is 37.4 Å². The zero-order valence-corrected chi connectivity index (χ0v) is 15.0. The van der Waals surface area contributed by atoms with E-state index < -0.39 is 15.8 Å². The van der Waals surface area contributed by atoms with Gasteiger partial charge in [0.2, 0.25) is 10.0 Å². The van der Waals surface area contributed by atoms with Gasteiger partial charge in [-0.15, -0.1) is 11.3 Å². The second-order valence-corrected chi connectivity index (χ2v) is 8.89. The van der Waals surface area contributed by atoms with Gasteiger partial charge >= 0.3 is 0 Å². The number of thiophene rings is 1. The van der Waals surface area contributed by atoms with Crippen LogP contribution < -0.4 is 0 Å². The molecule has 0 N–H and O–H groups in total. The van der Waals surface area contributed by atoms with E-state index in [0.29, 0.717) is 0 Å². The molecule has 1 atom stereocenters. The Bertz CT molecular complexity index is 758. The van der Waals surface area contributed by atoms with Gasteiger partial charge in [0.25, 0.3) is 0 Å². The first-order valence-electron chi connectivity index (χ1n) is 6.23. The summed E-state index contributed by atoms with van der Waals surface area (Å²) in [6.07, 6.45) is 0. The van der Waals surface area contributed by atoms with Crippen LogP contribution in [0.1, 0.15) is 22.7 Å². The molecule has 0 amide bonds. The first-order valence-corrected chi connectivity index (χ1v) is 9.28. The molecular formula is C14H15BrFNO2S2. The smallest absolute Gasteiger partial charge is 0.207 e. The molecule has 1 aromatic carbocycles. The second-order valence-electron chi connectivity index (χ2n) is 4.72. The highest BCUT2D eigenvalue weighted by Crippen LogP contribution is 2.31. The molecule has 2 rings (SSSR count). The fourth-order valence-electron chi connectivity index (χ4n) is 1.87. The van der Waals surface area contributed by atoms with Crippen molar-refractivity contribution in [1.29, 1.82) is 0 Å². The molecule has 0 fully saturated rings. The minimum Gasteiger partial charge on any atom is -0.207 e. The highest BCUT2D eigenvalue weighted by Gasteiger charge is 2.27. The zero-order chi connectivity index (χ0) is 15.8. The minimum absolute atomic E-state index is 0.0502. The van der Waals surface area contributed by atoms with E-state index in [-0.39, 0.29) is 15.4 Å². The van der Waals surface area contributed by atoms with Gasteiger partial charge in [-0.25, -0.2) is 12.8 Å². The summed E-state index contributed by atoms with van der Waals surface area (Å²) in [6.45, 7) is 3.79. The number of halogens is 2. The van der Waals surface area contributed by atoms with Gasteiger partial charge in [-0.3, -0.25) is 0 Å². The lowest BCUT2D eigenvalue weighted by molar-refractivity contribution is 0.402. The fraction of sp³-hybridized carbons (Fsp3) is 0.286. The van der Waals surface area contributed by atoms with Crippen molar-refractivity contribution >= 4 is 37.3 Å². The van der Waals surface area contributed by atoms with E-state index >= 15 is 0 Å². The molecule has 3 nitrogen and oxygen atoms in total. The summed E-state index contributed by atoms with van der Waals surface area (Å²) >= 11 is 4.57. The van der Waals surface area contributed by atoms with Gasteiger partial charge < -0.3 is 0 Å². The molecule has 114 valence electrons. The van der Waals surface area contributed by atoms with Crippen molar-refractivity contribution in [2.24, 2.45) is 0 Å². The molecule has 0 radical (unpaired) electrons. The van der Waals surface area contributed by atoms with Crippen LogP contribution in [0.5, 0.6) is 0 Å². The van der Waals surface area contributed by atoms with Crippen LogP contribution in [-0.4, -0.2) is 19.8 Å². The maximum absolute atomic E-state index is 13.6. The predicted octanol–water partition coefficient (Wildman–Crippen LogP) is 4.34. The zero-order valence-electron chi connectivity index (χ0n) is 11.8. The van der Waals surface area contributed by atoms with Crippen molar-refractivity contribution in [2.75, 3.05) is 7.05 Å². The van der Waals surface area contributed by atoms with E-state index in [2.05, 4.69) is 15.9 Å². The lowest BCUT2D eigenvalue weighted by Gasteiger charge is -2.23. The summed E-state index contributed by atoms with van der Waals surface area (Å²) in [5, 5.41) is 0. The van der Waals surface area contributed by atoms with Gasteiger partial charge in [-0.2, -0.15) is 4.31 Å². The molecule has 0 bridgehead atoms. The summed E-state index contributed by atoms with van der Waals surface area (Å²) in [5.41, 5.74) is 0. The summed E-state index contributed by atoms with van der Waals surface area (Å²) in [6, 6.07) is 7.39. The van der Waals surface area contributed by atoms with E-state index in [9.17, 15) is 12.8 Å². The van der Waals surface area contributed by atoms with Crippen molar-refractivity contribution in [1.82, 2.24) is 4.31 Å². The standard InChI is InChI=1S/C14H15BrFNO2S2/c1-9-4-7-14(20-9)10(2)17(3)21(18,19)11-5-6-12(15)13(16)8-11/h4-8,10H,1-3H3. The summed E-state index contributed by atoms with van der Waals surface area (Å²) < 4.78 is 40.2. The highest BCUT2D eigenvalue weighted by molar-refractivity contribution is 9.10. The van der Waals surface area contributed by atoms with Crippen molar-refractivity contribution in [3.05, 3.63) is 50.4 Å². The highest BCUT2D eigenvalue weighted by atomic mass is 79.9. The number of benzene rings is 1. The maximum Gasteiger partial charge on any atom is 0.243 e. The first-order chi connectivity index (χ1) is 9.73. The molecule has 0 saturated carbocycles. The Morgan fingerprint density at radius 3 is 2.48 bits per heavy atom. The van der Waals surface area contributed by atoms with Gasteiger partial charge in [0.05, 0.1) is 15.4 Å². The summed E-state index contributed by atoms with van der Waals surface area (Å²) in [5.74, 6) is -0.593. The van der Waals surface area contributed by atoms with Gasteiger partial charge in [-0.05, 0) is 60.1 Å². The molecule has 1 aromatic heterocycles. The molecule has 0 aliphatic heterocycles. The monoisotopic (exact) mass is 391 g/mol. The van der Waals surface area contributed by atoms with Gasteiger partial charge in [0, 0.05) is 16.8 Å². The molecule has 0 aliphatic carbocycles. The van der Waals surface area contributed by atoms with E-state index in [1.54, 1.807) is 11.3 Å². The van der Waals surface area contributed by atoms with Crippen molar-refractivity contribution < 1.29 is 12.8 Å². The van der Waals surface area contributed by atoms with E-state index in [1.165, 1.54) is 23.5 Å². The number of hydrogen-bond acceptors (Lipinski definition) is 3. The number of nitrogens with zero attached hydrogens (tertiary/aromatic N) is 1. The van der Waals surface area contributed by atoms with Crippen molar-refractivity contribution in [3.8, 4) is 0 Å². The van der Waals surface area contributed by atoms with Crippen LogP contribution in [0.25, 0.3) is 0 Å². The van der Waals surface area contributed by atoms with Gasteiger partial charge in [0.1, 0.15) is 5.82 Å². The fourth-order valence-corrected chi connectivity index (χ4v) is 4.51. The Kier molecular flexibility index (Phi) is 4.87. The van der Waals surface area contributed by atoms with Crippen molar-refractivity contribution in [2.45, 2.75) is 24.8 Å². The number of hydrogen-bond donors (Lipinski definition) is 0. The van der Waals surface area contributed by atoms with Crippen LogP contribution in [-0.2, 0) is 10.0 Å². The Morgan fingerprint density at radius 1 is 1.29 bits per heavy atom. The molecule has 1 unspecified atom stereocenters. The summed E-state index contributed by atoms with van der Waals surface area (Å²) in [7, 11) is -2.23. The molecule has 0 aliphatic rings. The SMILES string of the molecule is Cc1ccc(C(C)N(C)S(=O)(=O)c2ccc(Br)c(F)c2)s1. The molecule has 2 aromatic rings. The van der Waals surface area contributed by atoms with E-state index in [0.717, 1.165) is 15.8 Å². The normalized spacial score (nSPS) is 13.6. The van der Waals surface area contributed by atoms with Crippen LogP contribution in [0.15, 0.2) is 39.7 Å². The van der Waals surface area contributed by atoms with Crippen molar-refractivity contribution in [3.63, 3.8) is 0 Å². The minimum atomic E-state index is -3.74.